The first-order chi connectivity index (χ1) is 13.6. The van der Waals surface area contributed by atoms with Gasteiger partial charge in [-0.25, -0.2) is 4.39 Å². The van der Waals surface area contributed by atoms with Crippen molar-refractivity contribution in [2.75, 3.05) is 39.3 Å². The molecule has 2 aliphatic heterocycles. The van der Waals surface area contributed by atoms with Gasteiger partial charge in [-0.05, 0) is 36.6 Å². The molecule has 1 aromatic carbocycles. The molecule has 0 radical (unpaired) electrons. The zero-order chi connectivity index (χ0) is 19.5. The highest BCUT2D eigenvalue weighted by Gasteiger charge is 2.25. The number of nitrogens with zero attached hydrogens (tertiary/aromatic N) is 2. The number of aromatic nitrogens is 1. The molecule has 4 rings (SSSR count). The summed E-state index contributed by atoms with van der Waals surface area (Å²) in [5.41, 5.74) is 1.89. The normalized spacial score (nSPS) is 20.5. The first-order valence-corrected chi connectivity index (χ1v) is 9.70. The minimum Gasteiger partial charge on any atom is -0.371 e. The third-order valence-corrected chi connectivity index (χ3v) is 5.39. The molecule has 148 valence electrons. The predicted molar refractivity (Wildman–Crippen MR) is 102 cm³/mol. The molecule has 28 heavy (non-hydrogen) atoms. The van der Waals surface area contributed by atoms with Crippen LogP contribution in [0.5, 0.6) is 0 Å². The number of morpholine rings is 1. The minimum absolute atomic E-state index is 0.0310. The number of ketones is 1. The molecule has 6 nitrogen and oxygen atoms in total. The number of nitrogens with one attached hydrogen (secondary N) is 1. The highest BCUT2D eigenvalue weighted by molar-refractivity contribution is 6.01. The van der Waals surface area contributed by atoms with E-state index in [1.54, 1.807) is 24.4 Å². The molecule has 2 aromatic rings. The summed E-state index contributed by atoms with van der Waals surface area (Å²) in [6.07, 6.45) is 3.50. The number of carbonyl (C=O) groups excluding carboxylic acids is 2. The summed E-state index contributed by atoms with van der Waals surface area (Å²) in [5.74, 6) is -0.353. The van der Waals surface area contributed by atoms with Gasteiger partial charge in [0.15, 0.2) is 5.78 Å². The molecule has 2 aliphatic rings. The van der Waals surface area contributed by atoms with Crippen LogP contribution in [0.3, 0.4) is 0 Å². The number of rotatable bonds is 5. The molecule has 0 bridgehead atoms. The number of hydrogen-bond acceptors (Lipinski definition) is 4. The predicted octanol–water partition coefficient (Wildman–Crippen LogP) is 2.65. The maximum absolute atomic E-state index is 13.1. The summed E-state index contributed by atoms with van der Waals surface area (Å²) < 4.78 is 18.9. The second kappa shape index (κ2) is 8.24. The smallest absolute Gasteiger partial charge is 0.270 e. The Morgan fingerprint density at radius 3 is 2.64 bits per heavy atom. The fourth-order valence-electron chi connectivity index (χ4n) is 3.79. The van der Waals surface area contributed by atoms with E-state index >= 15 is 0 Å². The van der Waals surface area contributed by atoms with Gasteiger partial charge in [-0.1, -0.05) is 12.1 Å². The monoisotopic (exact) mass is 385 g/mol. The van der Waals surface area contributed by atoms with Gasteiger partial charge in [-0.15, -0.1) is 0 Å². The average Bonchev–Trinajstić information content (AvgIpc) is 3.41. The van der Waals surface area contributed by atoms with E-state index in [0.717, 1.165) is 31.5 Å². The number of halogens is 1. The number of benzene rings is 1. The molecule has 0 spiro atoms. The topological polar surface area (TPSA) is 65.6 Å². The van der Waals surface area contributed by atoms with E-state index < -0.39 is 0 Å². The van der Waals surface area contributed by atoms with Crippen LogP contribution in [0.2, 0.25) is 0 Å². The van der Waals surface area contributed by atoms with Crippen LogP contribution in [0.25, 0.3) is 0 Å². The van der Waals surface area contributed by atoms with Crippen LogP contribution >= 0.6 is 0 Å². The van der Waals surface area contributed by atoms with Gasteiger partial charge in [0.25, 0.3) is 5.91 Å². The van der Waals surface area contributed by atoms with E-state index in [1.807, 2.05) is 9.80 Å². The number of likely N-dealkylation sites (tertiary alicyclic amines) is 1. The van der Waals surface area contributed by atoms with Crippen molar-refractivity contribution in [1.82, 2.24) is 14.8 Å². The summed E-state index contributed by atoms with van der Waals surface area (Å²) >= 11 is 0. The molecular weight excluding hydrogens is 361 g/mol. The second-order valence-corrected chi connectivity index (χ2v) is 7.37. The van der Waals surface area contributed by atoms with Gasteiger partial charge in [-0.3, -0.25) is 14.5 Å². The van der Waals surface area contributed by atoms with Gasteiger partial charge >= 0.3 is 0 Å². The van der Waals surface area contributed by atoms with Crippen molar-refractivity contribution in [1.29, 1.82) is 0 Å². The molecule has 7 heteroatoms. The number of Topliss-reactive ketones (excluding diaryl/α,β-unsaturated/α-hetero) is 1. The highest BCUT2D eigenvalue weighted by Crippen LogP contribution is 2.23. The Hall–Kier alpha value is -2.51. The zero-order valence-electron chi connectivity index (χ0n) is 15.7. The summed E-state index contributed by atoms with van der Waals surface area (Å²) in [5, 5.41) is 0. The van der Waals surface area contributed by atoms with Crippen LogP contribution in [0, 0.1) is 5.82 Å². The third-order valence-electron chi connectivity index (χ3n) is 5.39. The van der Waals surface area contributed by atoms with Crippen LogP contribution in [0.15, 0.2) is 36.5 Å². The molecule has 2 saturated heterocycles. The van der Waals surface area contributed by atoms with Crippen LogP contribution in [0.4, 0.5) is 4.39 Å². The lowest BCUT2D eigenvalue weighted by molar-refractivity contribution is -0.0275. The van der Waals surface area contributed by atoms with Crippen LogP contribution in [-0.4, -0.2) is 65.8 Å². The first kappa shape index (κ1) is 18.8. The van der Waals surface area contributed by atoms with Crippen LogP contribution < -0.4 is 0 Å². The van der Waals surface area contributed by atoms with Gasteiger partial charge in [0.05, 0.1) is 19.3 Å². The van der Waals surface area contributed by atoms with Crippen molar-refractivity contribution in [3.8, 4) is 0 Å². The number of hydrogen-bond donors (Lipinski definition) is 1. The Morgan fingerprint density at radius 1 is 1.14 bits per heavy atom. The SMILES string of the molecule is O=C(CN1CCO[C@H](c2ccc(F)cc2)C1)c1c[nH]c(C(=O)N2CCCC2)c1. The van der Waals surface area contributed by atoms with E-state index in [2.05, 4.69) is 4.98 Å². The molecule has 0 unspecified atom stereocenters. The summed E-state index contributed by atoms with van der Waals surface area (Å²) in [7, 11) is 0. The third kappa shape index (κ3) is 4.15. The molecule has 1 atom stereocenters. The number of aromatic amines is 1. The first-order valence-electron chi connectivity index (χ1n) is 9.70. The fourth-order valence-corrected chi connectivity index (χ4v) is 3.79. The van der Waals surface area contributed by atoms with Gasteiger partial charge < -0.3 is 14.6 Å². The quantitative estimate of drug-likeness (QED) is 0.804. The largest absolute Gasteiger partial charge is 0.371 e. The lowest BCUT2D eigenvalue weighted by Crippen LogP contribution is -2.41. The Labute approximate surface area is 163 Å². The molecule has 1 amide bonds. The Morgan fingerprint density at radius 2 is 1.89 bits per heavy atom. The van der Waals surface area contributed by atoms with Gasteiger partial charge in [-0.2, -0.15) is 0 Å². The van der Waals surface area contributed by atoms with E-state index in [1.165, 1.54) is 12.1 Å². The van der Waals surface area contributed by atoms with Crippen LogP contribution in [-0.2, 0) is 4.74 Å². The van der Waals surface area contributed by atoms with Crippen molar-refractivity contribution >= 4 is 11.7 Å². The van der Waals surface area contributed by atoms with Crippen molar-refractivity contribution < 1.29 is 18.7 Å². The van der Waals surface area contributed by atoms with Gasteiger partial charge in [0, 0.05) is 37.9 Å². The lowest BCUT2D eigenvalue weighted by atomic mass is 10.1. The Kier molecular flexibility index (Phi) is 5.54. The van der Waals surface area contributed by atoms with Crippen molar-refractivity contribution in [2.24, 2.45) is 0 Å². The molecule has 2 fully saturated rings. The second-order valence-electron chi connectivity index (χ2n) is 7.37. The Bertz CT molecular complexity index is 843. The average molecular weight is 385 g/mol. The van der Waals surface area contributed by atoms with Gasteiger partial charge in [0.1, 0.15) is 11.5 Å². The molecular formula is C21H24FN3O3. The lowest BCUT2D eigenvalue weighted by Gasteiger charge is -2.32. The van der Waals surface area contributed by atoms with Crippen LogP contribution in [0.1, 0.15) is 45.4 Å². The number of carbonyl (C=O) groups is 2. The number of ether oxygens (including phenoxy) is 1. The van der Waals surface area contributed by atoms with E-state index in [-0.39, 0.29) is 30.2 Å². The highest BCUT2D eigenvalue weighted by atomic mass is 19.1. The van der Waals surface area contributed by atoms with E-state index in [4.69, 9.17) is 4.74 Å². The summed E-state index contributed by atoms with van der Waals surface area (Å²) in [6, 6.07) is 7.92. The standard InChI is InChI=1S/C21H24FN3O3/c22-17-5-3-15(4-6-17)20-14-24(9-10-28-20)13-19(26)16-11-18(23-12-16)21(27)25-7-1-2-8-25/h3-6,11-12,20,23H,1-2,7-10,13-14H2/t20-/m0/s1. The summed E-state index contributed by atoms with van der Waals surface area (Å²) in [6.45, 7) is 3.56. The van der Waals surface area contributed by atoms with Gasteiger partial charge in [0.2, 0.25) is 0 Å². The minimum atomic E-state index is -0.279. The van der Waals surface area contributed by atoms with E-state index in [9.17, 15) is 14.0 Å². The number of H-pyrrole nitrogens is 1. The zero-order valence-corrected chi connectivity index (χ0v) is 15.7. The Balaban J connectivity index is 1.36. The maximum atomic E-state index is 13.1. The molecule has 0 aliphatic carbocycles. The molecule has 0 saturated carbocycles. The fraction of sp³-hybridized carbons (Fsp3) is 0.429. The summed E-state index contributed by atoms with van der Waals surface area (Å²) in [4.78, 5) is 31.9. The molecule has 1 aromatic heterocycles. The maximum Gasteiger partial charge on any atom is 0.270 e. The van der Waals surface area contributed by atoms with E-state index in [0.29, 0.717) is 31.0 Å². The van der Waals surface area contributed by atoms with Crippen molar-refractivity contribution in [2.45, 2.75) is 18.9 Å². The number of amides is 1. The molecule has 1 N–H and O–H groups in total. The van der Waals surface area contributed by atoms with Crippen molar-refractivity contribution in [3.63, 3.8) is 0 Å². The van der Waals surface area contributed by atoms with Crippen molar-refractivity contribution in [3.05, 3.63) is 59.2 Å². The molecule has 3 heterocycles.